The number of aryl methyl sites for hydroxylation is 1. The minimum atomic E-state index is -0.935. The monoisotopic (exact) mass is 282 g/mol. The summed E-state index contributed by atoms with van der Waals surface area (Å²) >= 11 is 5.84. The lowest BCUT2D eigenvalue weighted by Crippen LogP contribution is -1.95. The largest absolute Gasteiger partial charge is 0.451 e. The van der Waals surface area contributed by atoms with Crippen molar-refractivity contribution in [1.29, 1.82) is 0 Å². The zero-order valence-corrected chi connectivity index (χ0v) is 10.7. The second-order valence-corrected chi connectivity index (χ2v) is 4.35. The van der Waals surface area contributed by atoms with Gasteiger partial charge in [-0.1, -0.05) is 11.6 Å². The molecule has 0 spiro atoms. The molecule has 0 amide bonds. The molecule has 0 saturated carbocycles. The van der Waals surface area contributed by atoms with E-state index < -0.39 is 17.4 Å². The summed E-state index contributed by atoms with van der Waals surface area (Å²) in [7, 11) is 0. The van der Waals surface area contributed by atoms with Gasteiger partial charge in [-0.15, -0.1) is 0 Å². The summed E-state index contributed by atoms with van der Waals surface area (Å²) in [4.78, 5) is 10.5. The maximum atomic E-state index is 13.6. The van der Waals surface area contributed by atoms with E-state index in [-0.39, 0.29) is 11.3 Å². The van der Waals surface area contributed by atoms with Crippen LogP contribution in [0.2, 0.25) is 5.02 Å². The number of carbonyl (C=O) groups is 1. The summed E-state index contributed by atoms with van der Waals surface area (Å²) in [6.07, 6.45) is 0.363. The van der Waals surface area contributed by atoms with Crippen molar-refractivity contribution in [2.24, 2.45) is 0 Å². The Balaban J connectivity index is 2.38. The molecular weight excluding hydrogens is 274 g/mol. The molecule has 5 heteroatoms. The summed E-state index contributed by atoms with van der Waals surface area (Å²) in [6, 6.07) is 6.46. The van der Waals surface area contributed by atoms with Crippen LogP contribution in [0.3, 0.4) is 0 Å². The lowest BCUT2D eigenvalue weighted by Gasteiger charge is -2.09. The van der Waals surface area contributed by atoms with Gasteiger partial charge in [0.05, 0.1) is 0 Å². The Bertz CT molecular complexity index is 618. The van der Waals surface area contributed by atoms with Crippen molar-refractivity contribution in [1.82, 2.24) is 0 Å². The molecule has 0 aliphatic heterocycles. The average molecular weight is 283 g/mol. The Kier molecular flexibility index (Phi) is 3.81. The molecule has 0 aliphatic rings. The van der Waals surface area contributed by atoms with Gasteiger partial charge < -0.3 is 4.74 Å². The van der Waals surface area contributed by atoms with Crippen LogP contribution >= 0.6 is 11.6 Å². The highest BCUT2D eigenvalue weighted by Gasteiger charge is 2.14. The standard InChI is InChI=1S/C14H9ClF2O2/c1-8-4-10(2-3-11(8)15)19-14-12(16)5-9(7-18)6-13(14)17/h2-7H,1H3. The molecule has 0 aromatic heterocycles. The van der Waals surface area contributed by atoms with E-state index in [1.807, 2.05) is 0 Å². The lowest BCUT2D eigenvalue weighted by atomic mass is 10.2. The average Bonchev–Trinajstić information content (AvgIpc) is 2.37. The number of rotatable bonds is 3. The molecule has 0 fully saturated rings. The van der Waals surface area contributed by atoms with Crippen LogP contribution in [0.5, 0.6) is 11.5 Å². The molecule has 0 N–H and O–H groups in total. The van der Waals surface area contributed by atoms with Crippen LogP contribution in [0.25, 0.3) is 0 Å². The molecule has 2 aromatic rings. The topological polar surface area (TPSA) is 26.3 Å². The van der Waals surface area contributed by atoms with Gasteiger partial charge in [-0.05, 0) is 42.8 Å². The van der Waals surface area contributed by atoms with Crippen molar-refractivity contribution >= 4 is 17.9 Å². The fourth-order valence-corrected chi connectivity index (χ4v) is 1.66. The van der Waals surface area contributed by atoms with Gasteiger partial charge in [-0.25, -0.2) is 8.78 Å². The molecule has 2 aromatic carbocycles. The third-order valence-corrected chi connectivity index (χ3v) is 2.93. The van der Waals surface area contributed by atoms with E-state index >= 15 is 0 Å². The maximum absolute atomic E-state index is 13.6. The Morgan fingerprint density at radius 1 is 1.16 bits per heavy atom. The molecule has 0 atom stereocenters. The van der Waals surface area contributed by atoms with Crippen LogP contribution in [-0.4, -0.2) is 6.29 Å². The van der Waals surface area contributed by atoms with Crippen molar-refractivity contribution in [3.63, 3.8) is 0 Å². The number of hydrogen-bond donors (Lipinski definition) is 0. The third kappa shape index (κ3) is 2.90. The number of ether oxygens (including phenoxy) is 1. The van der Waals surface area contributed by atoms with Gasteiger partial charge >= 0.3 is 0 Å². The van der Waals surface area contributed by atoms with Crippen LogP contribution < -0.4 is 4.74 Å². The molecule has 2 rings (SSSR count). The SMILES string of the molecule is Cc1cc(Oc2c(F)cc(C=O)cc2F)ccc1Cl. The molecule has 98 valence electrons. The van der Waals surface area contributed by atoms with Gasteiger partial charge in [-0.3, -0.25) is 4.79 Å². The molecular formula is C14H9ClF2O2. The van der Waals surface area contributed by atoms with Crippen LogP contribution in [0, 0.1) is 18.6 Å². The van der Waals surface area contributed by atoms with E-state index in [1.165, 1.54) is 6.07 Å². The first kappa shape index (κ1) is 13.5. The minimum Gasteiger partial charge on any atom is -0.451 e. The van der Waals surface area contributed by atoms with Crippen molar-refractivity contribution in [2.45, 2.75) is 6.92 Å². The molecule has 0 radical (unpaired) electrons. The van der Waals surface area contributed by atoms with Gasteiger partial charge in [0.1, 0.15) is 12.0 Å². The number of benzene rings is 2. The number of carbonyl (C=O) groups excluding carboxylic acids is 1. The van der Waals surface area contributed by atoms with Crippen molar-refractivity contribution in [3.8, 4) is 11.5 Å². The maximum Gasteiger partial charge on any atom is 0.198 e. The van der Waals surface area contributed by atoms with Gasteiger partial charge in [0, 0.05) is 10.6 Å². The zero-order valence-electron chi connectivity index (χ0n) is 9.91. The predicted octanol–water partition coefficient (Wildman–Crippen LogP) is 4.53. The van der Waals surface area contributed by atoms with E-state index in [1.54, 1.807) is 19.1 Å². The van der Waals surface area contributed by atoms with Crippen molar-refractivity contribution < 1.29 is 18.3 Å². The van der Waals surface area contributed by atoms with E-state index in [4.69, 9.17) is 16.3 Å². The van der Waals surface area contributed by atoms with Crippen LogP contribution in [0.4, 0.5) is 8.78 Å². The van der Waals surface area contributed by atoms with Gasteiger partial charge in [0.2, 0.25) is 0 Å². The first-order valence-corrected chi connectivity index (χ1v) is 5.77. The van der Waals surface area contributed by atoms with E-state index in [9.17, 15) is 13.6 Å². The van der Waals surface area contributed by atoms with E-state index in [2.05, 4.69) is 0 Å². The first-order chi connectivity index (χ1) is 9.01. The Hall–Kier alpha value is -1.94. The van der Waals surface area contributed by atoms with Crippen LogP contribution in [0.15, 0.2) is 30.3 Å². The molecule has 0 bridgehead atoms. The predicted molar refractivity (Wildman–Crippen MR) is 68.0 cm³/mol. The molecule has 0 aliphatic carbocycles. The summed E-state index contributed by atoms with van der Waals surface area (Å²) in [6.45, 7) is 1.75. The molecule has 0 saturated heterocycles. The van der Waals surface area contributed by atoms with E-state index in [0.717, 1.165) is 17.7 Å². The minimum absolute atomic E-state index is 0.0883. The quantitative estimate of drug-likeness (QED) is 0.773. The normalized spacial score (nSPS) is 10.3. The molecule has 0 heterocycles. The van der Waals surface area contributed by atoms with Gasteiger partial charge in [0.15, 0.2) is 17.4 Å². The highest BCUT2D eigenvalue weighted by molar-refractivity contribution is 6.31. The third-order valence-electron chi connectivity index (χ3n) is 2.51. The van der Waals surface area contributed by atoms with Gasteiger partial charge in [-0.2, -0.15) is 0 Å². The van der Waals surface area contributed by atoms with Crippen LogP contribution in [0.1, 0.15) is 15.9 Å². The Labute approximate surface area is 113 Å². The first-order valence-electron chi connectivity index (χ1n) is 5.39. The lowest BCUT2D eigenvalue weighted by molar-refractivity contribution is 0.112. The fraction of sp³-hybridized carbons (Fsp3) is 0.0714. The summed E-state index contributed by atoms with van der Waals surface area (Å²) in [5.74, 6) is -2.16. The Morgan fingerprint density at radius 3 is 2.32 bits per heavy atom. The molecule has 0 unspecified atom stereocenters. The fourth-order valence-electron chi connectivity index (χ4n) is 1.54. The van der Waals surface area contributed by atoms with Gasteiger partial charge in [0.25, 0.3) is 0 Å². The van der Waals surface area contributed by atoms with Crippen molar-refractivity contribution in [2.75, 3.05) is 0 Å². The zero-order chi connectivity index (χ0) is 14.0. The molecule has 2 nitrogen and oxygen atoms in total. The van der Waals surface area contributed by atoms with E-state index in [0.29, 0.717) is 11.3 Å². The second-order valence-electron chi connectivity index (χ2n) is 3.94. The summed E-state index contributed by atoms with van der Waals surface area (Å²) in [5.41, 5.74) is 0.638. The van der Waals surface area contributed by atoms with Crippen LogP contribution in [-0.2, 0) is 0 Å². The second kappa shape index (κ2) is 5.36. The van der Waals surface area contributed by atoms with Crippen molar-refractivity contribution in [3.05, 3.63) is 58.1 Å². The number of aldehydes is 1. The smallest absolute Gasteiger partial charge is 0.198 e. The number of halogens is 3. The summed E-state index contributed by atoms with van der Waals surface area (Å²) < 4.78 is 32.4. The number of hydrogen-bond acceptors (Lipinski definition) is 2. The molecule has 19 heavy (non-hydrogen) atoms. The highest BCUT2D eigenvalue weighted by atomic mass is 35.5. The summed E-state index contributed by atoms with van der Waals surface area (Å²) in [5, 5.41) is 0.532. The Morgan fingerprint density at radius 2 is 1.79 bits per heavy atom. The highest BCUT2D eigenvalue weighted by Crippen LogP contribution is 2.30.